The summed E-state index contributed by atoms with van der Waals surface area (Å²) in [6.45, 7) is 3.74. The number of benzene rings is 2. The Bertz CT molecular complexity index is 907. The van der Waals surface area contributed by atoms with E-state index >= 15 is 0 Å². The number of carbonyl (C=O) groups excluding carboxylic acids is 1. The van der Waals surface area contributed by atoms with Crippen molar-refractivity contribution in [3.8, 4) is 0 Å². The fourth-order valence-corrected chi connectivity index (χ4v) is 4.86. The van der Waals surface area contributed by atoms with Crippen molar-refractivity contribution in [2.75, 3.05) is 6.54 Å². The Labute approximate surface area is 147 Å². The van der Waals surface area contributed by atoms with E-state index in [1.54, 1.807) is 12.1 Å². The lowest BCUT2D eigenvalue weighted by molar-refractivity contribution is 0.0918. The minimum atomic E-state index is -3.84. The van der Waals surface area contributed by atoms with Crippen LogP contribution in [-0.2, 0) is 10.0 Å². The molecule has 1 aliphatic rings. The molecule has 0 N–H and O–H groups in total. The van der Waals surface area contributed by atoms with E-state index in [9.17, 15) is 17.6 Å². The number of nitrogens with zero attached hydrogens (tertiary/aromatic N) is 1. The summed E-state index contributed by atoms with van der Waals surface area (Å²) in [5.41, 5.74) is 1.81. The first-order valence-electron chi connectivity index (χ1n) is 8.19. The van der Waals surface area contributed by atoms with Crippen molar-refractivity contribution in [3.05, 3.63) is 65.0 Å². The monoisotopic (exact) mass is 361 g/mol. The van der Waals surface area contributed by atoms with Crippen LogP contribution in [0.1, 0.15) is 34.3 Å². The number of Topliss-reactive ketones (excluding diaryl/α,β-unsaturated/α-hetero) is 1. The summed E-state index contributed by atoms with van der Waals surface area (Å²) in [4.78, 5) is 12.8. The number of sulfonamides is 1. The highest BCUT2D eigenvalue weighted by molar-refractivity contribution is 7.89. The van der Waals surface area contributed by atoms with Gasteiger partial charge >= 0.3 is 0 Å². The molecule has 2 aromatic carbocycles. The third-order valence-corrected chi connectivity index (χ3v) is 6.48. The Kier molecular flexibility index (Phi) is 4.75. The van der Waals surface area contributed by atoms with Crippen LogP contribution in [-0.4, -0.2) is 31.1 Å². The van der Waals surface area contributed by atoms with E-state index in [2.05, 4.69) is 0 Å². The summed E-state index contributed by atoms with van der Waals surface area (Å²) in [5, 5.41) is 0. The van der Waals surface area contributed by atoms with Gasteiger partial charge in [-0.25, -0.2) is 12.8 Å². The lowest BCUT2D eigenvalue weighted by Gasteiger charge is -2.23. The molecule has 1 saturated heterocycles. The lowest BCUT2D eigenvalue weighted by Crippen LogP contribution is -2.40. The van der Waals surface area contributed by atoms with Gasteiger partial charge in [-0.15, -0.1) is 0 Å². The first-order chi connectivity index (χ1) is 11.8. The maximum atomic E-state index is 13.5. The first-order valence-corrected chi connectivity index (χ1v) is 9.63. The molecule has 0 aromatic heterocycles. The molecule has 1 heterocycles. The van der Waals surface area contributed by atoms with E-state index in [1.165, 1.54) is 23.4 Å². The van der Waals surface area contributed by atoms with E-state index in [4.69, 9.17) is 0 Å². The standard InChI is InChI=1S/C19H20FNO3S/c1-13-5-7-15(8-6-13)19(22)18-4-3-11-21(18)25(23,24)16-9-10-17(20)14(2)12-16/h5-10,12,18H,3-4,11H2,1-2H3. The van der Waals surface area contributed by atoms with Crippen LogP contribution in [0.4, 0.5) is 4.39 Å². The second-order valence-corrected chi connectivity index (χ2v) is 8.31. The molecule has 0 saturated carbocycles. The van der Waals surface area contributed by atoms with Crippen LogP contribution in [0.15, 0.2) is 47.4 Å². The highest BCUT2D eigenvalue weighted by atomic mass is 32.2. The maximum Gasteiger partial charge on any atom is 0.243 e. The fraction of sp³-hybridized carbons (Fsp3) is 0.316. The van der Waals surface area contributed by atoms with Gasteiger partial charge in [-0.2, -0.15) is 4.31 Å². The summed E-state index contributed by atoms with van der Waals surface area (Å²) < 4.78 is 40.6. The molecule has 0 radical (unpaired) electrons. The van der Waals surface area contributed by atoms with E-state index in [0.29, 0.717) is 24.9 Å². The SMILES string of the molecule is Cc1ccc(C(=O)C2CCCN2S(=O)(=O)c2ccc(F)c(C)c2)cc1. The molecule has 0 spiro atoms. The van der Waals surface area contributed by atoms with Crippen molar-refractivity contribution in [2.45, 2.75) is 37.6 Å². The molecule has 2 aromatic rings. The van der Waals surface area contributed by atoms with Gasteiger partial charge < -0.3 is 0 Å². The fourth-order valence-electron chi connectivity index (χ4n) is 3.11. The normalized spacial score (nSPS) is 18.4. The van der Waals surface area contributed by atoms with Crippen molar-refractivity contribution in [1.82, 2.24) is 4.31 Å². The third kappa shape index (κ3) is 3.37. The molecule has 132 valence electrons. The molecule has 1 fully saturated rings. The van der Waals surface area contributed by atoms with Crippen LogP contribution in [0.5, 0.6) is 0 Å². The number of rotatable bonds is 4. The van der Waals surface area contributed by atoms with Crippen molar-refractivity contribution in [1.29, 1.82) is 0 Å². The van der Waals surface area contributed by atoms with Gasteiger partial charge in [0.1, 0.15) is 5.82 Å². The third-order valence-electron chi connectivity index (χ3n) is 4.58. The zero-order valence-corrected chi connectivity index (χ0v) is 15.0. The summed E-state index contributed by atoms with van der Waals surface area (Å²) in [5.74, 6) is -0.646. The number of halogens is 1. The Morgan fingerprint density at radius 3 is 2.44 bits per heavy atom. The summed E-state index contributed by atoms with van der Waals surface area (Å²) in [6, 6.07) is 10.1. The zero-order valence-electron chi connectivity index (χ0n) is 14.2. The molecule has 3 rings (SSSR count). The minimum absolute atomic E-state index is 0.0232. The van der Waals surface area contributed by atoms with E-state index in [0.717, 1.165) is 11.6 Å². The average molecular weight is 361 g/mol. The summed E-state index contributed by atoms with van der Waals surface area (Å²) in [7, 11) is -3.84. The predicted octanol–water partition coefficient (Wildman–Crippen LogP) is 3.48. The highest BCUT2D eigenvalue weighted by Crippen LogP contribution is 2.29. The van der Waals surface area contributed by atoms with Crippen molar-refractivity contribution in [2.24, 2.45) is 0 Å². The van der Waals surface area contributed by atoms with Crippen LogP contribution in [0.2, 0.25) is 0 Å². The van der Waals surface area contributed by atoms with Gasteiger partial charge in [0, 0.05) is 12.1 Å². The van der Waals surface area contributed by atoms with Crippen molar-refractivity contribution >= 4 is 15.8 Å². The second kappa shape index (κ2) is 6.69. The Morgan fingerprint density at radius 1 is 1.12 bits per heavy atom. The average Bonchev–Trinajstić information content (AvgIpc) is 3.08. The number of aryl methyl sites for hydroxylation is 2. The topological polar surface area (TPSA) is 54.5 Å². The molecule has 1 atom stereocenters. The molecule has 6 heteroatoms. The van der Waals surface area contributed by atoms with Crippen molar-refractivity contribution in [3.63, 3.8) is 0 Å². The smallest absolute Gasteiger partial charge is 0.243 e. The lowest BCUT2D eigenvalue weighted by atomic mass is 10.0. The Hall–Kier alpha value is -2.05. The van der Waals surface area contributed by atoms with Gasteiger partial charge in [-0.3, -0.25) is 4.79 Å². The second-order valence-electron chi connectivity index (χ2n) is 6.42. The first kappa shape index (κ1) is 17.8. The van der Waals surface area contributed by atoms with Crippen molar-refractivity contribution < 1.29 is 17.6 Å². The molecular weight excluding hydrogens is 341 g/mol. The number of ketones is 1. The van der Waals surface area contributed by atoms with E-state index in [1.807, 2.05) is 19.1 Å². The molecule has 4 nitrogen and oxygen atoms in total. The van der Waals surface area contributed by atoms with Gasteiger partial charge in [-0.1, -0.05) is 29.8 Å². The summed E-state index contributed by atoms with van der Waals surface area (Å²) >= 11 is 0. The summed E-state index contributed by atoms with van der Waals surface area (Å²) in [6.07, 6.45) is 1.12. The number of hydrogen-bond donors (Lipinski definition) is 0. The molecule has 0 bridgehead atoms. The minimum Gasteiger partial charge on any atom is -0.292 e. The maximum absolute atomic E-state index is 13.5. The largest absolute Gasteiger partial charge is 0.292 e. The number of hydrogen-bond acceptors (Lipinski definition) is 3. The molecule has 1 unspecified atom stereocenters. The Balaban J connectivity index is 1.93. The molecule has 25 heavy (non-hydrogen) atoms. The molecule has 0 aliphatic carbocycles. The van der Waals surface area contributed by atoms with Crippen LogP contribution >= 0.6 is 0 Å². The van der Waals surface area contributed by atoms with Crippen LogP contribution < -0.4 is 0 Å². The Morgan fingerprint density at radius 2 is 1.80 bits per heavy atom. The van der Waals surface area contributed by atoms with Gasteiger partial charge in [-0.05, 0) is 50.5 Å². The van der Waals surface area contributed by atoms with Gasteiger partial charge in [0.2, 0.25) is 10.0 Å². The van der Waals surface area contributed by atoms with E-state index < -0.39 is 21.9 Å². The zero-order chi connectivity index (χ0) is 18.2. The predicted molar refractivity (Wildman–Crippen MR) is 93.6 cm³/mol. The quantitative estimate of drug-likeness (QED) is 0.784. The number of carbonyl (C=O) groups is 1. The molecule has 1 aliphatic heterocycles. The van der Waals surface area contributed by atoms with Crippen LogP contribution in [0, 0.1) is 19.7 Å². The molecular formula is C19H20FNO3S. The van der Waals surface area contributed by atoms with E-state index in [-0.39, 0.29) is 16.2 Å². The van der Waals surface area contributed by atoms with Gasteiger partial charge in [0.25, 0.3) is 0 Å². The highest BCUT2D eigenvalue weighted by Gasteiger charge is 2.39. The molecule has 0 amide bonds. The van der Waals surface area contributed by atoms with Crippen LogP contribution in [0.25, 0.3) is 0 Å². The van der Waals surface area contributed by atoms with Gasteiger partial charge in [0.05, 0.1) is 10.9 Å². The van der Waals surface area contributed by atoms with Gasteiger partial charge in [0.15, 0.2) is 5.78 Å². The van der Waals surface area contributed by atoms with Crippen LogP contribution in [0.3, 0.4) is 0 Å².